The Kier molecular flexibility index (Phi) is 29.6. The summed E-state index contributed by atoms with van der Waals surface area (Å²) in [5.74, 6) is 2.82. The summed E-state index contributed by atoms with van der Waals surface area (Å²) in [6.45, 7) is 9.79. The predicted octanol–water partition coefficient (Wildman–Crippen LogP) is 13.4. The lowest BCUT2D eigenvalue weighted by Gasteiger charge is -2.16. The quantitative estimate of drug-likeness (QED) is 0.0869. The van der Waals surface area contributed by atoms with Crippen LogP contribution in [0, 0.1) is 29.1 Å². The third-order valence-corrected chi connectivity index (χ3v) is 8.82. The fraction of sp³-hybridized carbons (Fsp3) is 0.972. The van der Waals surface area contributed by atoms with Crippen molar-refractivity contribution in [2.45, 2.75) is 207 Å². The van der Waals surface area contributed by atoms with Crippen molar-refractivity contribution >= 4 is 0 Å². The molecule has 0 aliphatic rings. The summed E-state index contributed by atoms with van der Waals surface area (Å²) < 4.78 is 0. The number of nitrogens with zero attached hydrogens (tertiary/aromatic N) is 1. The molecule has 0 heterocycles. The highest BCUT2D eigenvalue weighted by atomic mass is 14.2. The predicted molar refractivity (Wildman–Crippen MR) is 168 cm³/mol. The zero-order valence-corrected chi connectivity index (χ0v) is 26.5. The molecule has 1 nitrogen and oxygen atoms in total. The van der Waals surface area contributed by atoms with Gasteiger partial charge < -0.3 is 0 Å². The SMILES string of the molecule is CCCCCCC(C)CCCC(C)CCCC(C)CCCCCCCCCCCCCCCCCC#N. The van der Waals surface area contributed by atoms with Crippen LogP contribution in [0.5, 0.6) is 0 Å². The summed E-state index contributed by atoms with van der Waals surface area (Å²) in [4.78, 5) is 0. The number of rotatable bonds is 30. The molecule has 0 aromatic rings. The van der Waals surface area contributed by atoms with E-state index in [1.807, 2.05) is 0 Å². The first-order valence-corrected chi connectivity index (χ1v) is 17.5. The van der Waals surface area contributed by atoms with Gasteiger partial charge >= 0.3 is 0 Å². The summed E-state index contributed by atoms with van der Waals surface area (Å²) in [5, 5.41) is 8.54. The van der Waals surface area contributed by atoms with Crippen LogP contribution in [0.25, 0.3) is 0 Å². The molecule has 0 radical (unpaired) electrons. The third-order valence-electron chi connectivity index (χ3n) is 8.82. The first kappa shape index (κ1) is 36.5. The fourth-order valence-corrected chi connectivity index (χ4v) is 5.98. The Morgan fingerprint density at radius 3 is 0.973 bits per heavy atom. The van der Waals surface area contributed by atoms with Gasteiger partial charge in [0.1, 0.15) is 0 Å². The molecule has 0 fully saturated rings. The molecule has 0 saturated heterocycles. The van der Waals surface area contributed by atoms with Gasteiger partial charge in [-0.25, -0.2) is 0 Å². The van der Waals surface area contributed by atoms with Gasteiger partial charge in [0.25, 0.3) is 0 Å². The van der Waals surface area contributed by atoms with Gasteiger partial charge in [0, 0.05) is 6.42 Å². The van der Waals surface area contributed by atoms with Gasteiger partial charge in [0.2, 0.25) is 0 Å². The molecule has 0 amide bonds. The zero-order chi connectivity index (χ0) is 27.2. The Morgan fingerprint density at radius 1 is 0.378 bits per heavy atom. The highest BCUT2D eigenvalue weighted by Gasteiger charge is 2.08. The van der Waals surface area contributed by atoms with Crippen molar-refractivity contribution in [2.75, 3.05) is 0 Å². The van der Waals surface area contributed by atoms with E-state index >= 15 is 0 Å². The van der Waals surface area contributed by atoms with Crippen LogP contribution >= 0.6 is 0 Å². The van der Waals surface area contributed by atoms with Crippen LogP contribution in [-0.4, -0.2) is 0 Å². The minimum atomic E-state index is 0.748. The monoisotopic (exact) mass is 518 g/mol. The summed E-state index contributed by atoms with van der Waals surface area (Å²) in [5.41, 5.74) is 0. The maximum atomic E-state index is 8.54. The molecular weight excluding hydrogens is 446 g/mol. The van der Waals surface area contributed by atoms with Gasteiger partial charge in [-0.3, -0.25) is 0 Å². The second kappa shape index (κ2) is 30.0. The smallest absolute Gasteiger partial charge is 0.0621 e. The molecule has 3 unspecified atom stereocenters. The minimum absolute atomic E-state index is 0.748. The molecule has 3 atom stereocenters. The average Bonchev–Trinajstić information content (AvgIpc) is 2.88. The lowest BCUT2D eigenvalue weighted by atomic mass is 9.90. The molecule has 0 aromatic heterocycles. The van der Waals surface area contributed by atoms with E-state index in [4.69, 9.17) is 5.26 Å². The summed E-state index contributed by atoms with van der Waals surface area (Å²) in [7, 11) is 0. The van der Waals surface area contributed by atoms with Crippen molar-refractivity contribution in [1.82, 2.24) is 0 Å². The Labute approximate surface area is 236 Å². The molecule has 0 N–H and O–H groups in total. The maximum Gasteiger partial charge on any atom is 0.0621 e. The Morgan fingerprint density at radius 2 is 0.649 bits per heavy atom. The maximum absolute atomic E-state index is 8.54. The van der Waals surface area contributed by atoms with E-state index in [1.165, 1.54) is 167 Å². The lowest BCUT2D eigenvalue weighted by Crippen LogP contribution is -2.01. The Balaban J connectivity index is 3.32. The first-order chi connectivity index (χ1) is 18.1. The lowest BCUT2D eigenvalue weighted by molar-refractivity contribution is 0.374. The van der Waals surface area contributed by atoms with Crippen LogP contribution < -0.4 is 0 Å². The Bertz CT molecular complexity index is 464. The van der Waals surface area contributed by atoms with Crippen molar-refractivity contribution in [3.63, 3.8) is 0 Å². The van der Waals surface area contributed by atoms with Crippen molar-refractivity contribution < 1.29 is 0 Å². The van der Waals surface area contributed by atoms with E-state index in [-0.39, 0.29) is 0 Å². The molecule has 0 aromatic carbocycles. The van der Waals surface area contributed by atoms with Crippen LogP contribution in [0.1, 0.15) is 207 Å². The zero-order valence-electron chi connectivity index (χ0n) is 26.5. The standard InChI is InChI=1S/C36H71N/c1-5-6-7-22-27-34(2)29-25-31-36(4)32-26-30-35(3)28-23-20-18-16-14-12-10-8-9-11-13-15-17-19-21-24-33-37/h34-36H,5-32H2,1-4H3. The molecule has 220 valence electrons. The highest BCUT2D eigenvalue weighted by molar-refractivity contribution is 4.67. The normalized spacial score (nSPS) is 13.9. The molecule has 0 bridgehead atoms. The van der Waals surface area contributed by atoms with Crippen LogP contribution in [0.4, 0.5) is 0 Å². The van der Waals surface area contributed by atoms with E-state index in [0.29, 0.717) is 0 Å². The van der Waals surface area contributed by atoms with Crippen molar-refractivity contribution in [2.24, 2.45) is 17.8 Å². The van der Waals surface area contributed by atoms with Gasteiger partial charge in [-0.15, -0.1) is 0 Å². The molecule has 1 heteroatoms. The summed E-state index contributed by atoms with van der Waals surface area (Å²) in [6.07, 6.45) is 39.1. The van der Waals surface area contributed by atoms with Crippen molar-refractivity contribution in [1.29, 1.82) is 5.26 Å². The van der Waals surface area contributed by atoms with Crippen LogP contribution in [0.15, 0.2) is 0 Å². The number of nitriles is 1. The molecule has 37 heavy (non-hydrogen) atoms. The molecule has 0 aliphatic heterocycles. The van der Waals surface area contributed by atoms with Crippen LogP contribution in [0.2, 0.25) is 0 Å². The highest BCUT2D eigenvalue weighted by Crippen LogP contribution is 2.23. The number of hydrogen-bond donors (Lipinski definition) is 0. The van der Waals surface area contributed by atoms with Gasteiger partial charge in [0.05, 0.1) is 6.07 Å². The van der Waals surface area contributed by atoms with Crippen molar-refractivity contribution in [3.8, 4) is 6.07 Å². The number of hydrogen-bond acceptors (Lipinski definition) is 1. The van der Waals surface area contributed by atoms with Gasteiger partial charge in [-0.2, -0.15) is 5.26 Å². The van der Waals surface area contributed by atoms with Crippen LogP contribution in [-0.2, 0) is 0 Å². The molecule has 0 saturated carbocycles. The summed E-state index contributed by atoms with van der Waals surface area (Å²) >= 11 is 0. The van der Waals surface area contributed by atoms with E-state index < -0.39 is 0 Å². The van der Waals surface area contributed by atoms with E-state index in [0.717, 1.165) is 30.6 Å². The van der Waals surface area contributed by atoms with Gasteiger partial charge in [-0.05, 0) is 24.2 Å². The average molecular weight is 518 g/mol. The van der Waals surface area contributed by atoms with E-state index in [9.17, 15) is 0 Å². The third kappa shape index (κ3) is 29.9. The molecule has 0 aliphatic carbocycles. The van der Waals surface area contributed by atoms with Crippen LogP contribution in [0.3, 0.4) is 0 Å². The summed E-state index contributed by atoms with van der Waals surface area (Å²) in [6, 6.07) is 2.24. The van der Waals surface area contributed by atoms with Gasteiger partial charge in [-0.1, -0.05) is 195 Å². The second-order valence-electron chi connectivity index (χ2n) is 13.0. The molecular formula is C36H71N. The van der Waals surface area contributed by atoms with Gasteiger partial charge in [0.15, 0.2) is 0 Å². The van der Waals surface area contributed by atoms with Crippen molar-refractivity contribution in [3.05, 3.63) is 0 Å². The molecule has 0 spiro atoms. The minimum Gasteiger partial charge on any atom is -0.198 e. The van der Waals surface area contributed by atoms with E-state index in [1.54, 1.807) is 0 Å². The molecule has 0 rings (SSSR count). The largest absolute Gasteiger partial charge is 0.198 e. The van der Waals surface area contributed by atoms with E-state index in [2.05, 4.69) is 33.8 Å². The Hall–Kier alpha value is -0.510. The number of unbranched alkanes of at least 4 members (excludes halogenated alkanes) is 18. The second-order valence-corrected chi connectivity index (χ2v) is 13.0. The fourth-order valence-electron chi connectivity index (χ4n) is 5.98. The first-order valence-electron chi connectivity index (χ1n) is 17.5. The topological polar surface area (TPSA) is 23.8 Å².